The van der Waals surface area contributed by atoms with Crippen molar-refractivity contribution in [3.05, 3.63) is 34.5 Å². The van der Waals surface area contributed by atoms with E-state index in [0.717, 1.165) is 17.2 Å². The van der Waals surface area contributed by atoms with E-state index >= 15 is 0 Å². The minimum atomic E-state index is -0.515. The van der Waals surface area contributed by atoms with Crippen LogP contribution in [0.25, 0.3) is 0 Å². The quantitative estimate of drug-likeness (QED) is 0.857. The van der Waals surface area contributed by atoms with E-state index in [9.17, 15) is 5.11 Å². The lowest BCUT2D eigenvalue weighted by atomic mass is 10.2. The van der Waals surface area contributed by atoms with E-state index in [0.29, 0.717) is 6.42 Å². The lowest BCUT2D eigenvalue weighted by Crippen LogP contribution is -2.09. The van der Waals surface area contributed by atoms with Gasteiger partial charge in [0.2, 0.25) is 0 Å². The van der Waals surface area contributed by atoms with E-state index in [1.165, 1.54) is 0 Å². The van der Waals surface area contributed by atoms with E-state index < -0.39 is 6.10 Å². The van der Waals surface area contributed by atoms with Crippen LogP contribution in [0.15, 0.2) is 23.8 Å². The Morgan fingerprint density at radius 2 is 2.40 bits per heavy atom. The third kappa shape index (κ3) is 2.24. The number of thiazole rings is 1. The topological polar surface area (TPSA) is 50.9 Å². The summed E-state index contributed by atoms with van der Waals surface area (Å²) < 4.78 is 1.80. The molecule has 2 aromatic heterocycles. The molecule has 5 heteroatoms. The maximum absolute atomic E-state index is 10.00. The van der Waals surface area contributed by atoms with Crippen molar-refractivity contribution in [3.8, 4) is 0 Å². The van der Waals surface area contributed by atoms with Gasteiger partial charge in [0.1, 0.15) is 6.10 Å². The van der Waals surface area contributed by atoms with E-state index in [4.69, 9.17) is 0 Å². The molecule has 2 aromatic rings. The van der Waals surface area contributed by atoms with E-state index in [2.05, 4.69) is 10.1 Å². The molecule has 0 spiro atoms. The van der Waals surface area contributed by atoms with Gasteiger partial charge in [-0.25, -0.2) is 4.98 Å². The fraction of sp³-hybridized carbons (Fsp3) is 0.400. The Morgan fingerprint density at radius 3 is 3.07 bits per heavy atom. The van der Waals surface area contributed by atoms with Gasteiger partial charge in [-0.2, -0.15) is 5.10 Å². The molecule has 0 aliphatic rings. The van der Waals surface area contributed by atoms with Gasteiger partial charge in [0.25, 0.3) is 0 Å². The third-order valence-electron chi connectivity index (χ3n) is 2.24. The van der Waals surface area contributed by atoms with Crippen LogP contribution in [0, 0.1) is 0 Å². The predicted molar refractivity (Wildman–Crippen MR) is 58.7 cm³/mol. The molecule has 4 nitrogen and oxygen atoms in total. The van der Waals surface area contributed by atoms with Crippen LogP contribution in [0.5, 0.6) is 0 Å². The van der Waals surface area contributed by atoms with Crippen LogP contribution >= 0.6 is 11.3 Å². The van der Waals surface area contributed by atoms with Crippen LogP contribution in [-0.2, 0) is 13.0 Å². The number of aryl methyl sites for hydroxylation is 1. The minimum absolute atomic E-state index is 0.515. The van der Waals surface area contributed by atoms with Crippen LogP contribution in [-0.4, -0.2) is 19.9 Å². The normalized spacial score (nSPS) is 12.9. The molecule has 0 radical (unpaired) electrons. The standard InChI is InChI=1S/C10H13N3OS/c1-2-13-8(3-4-12-13)9(14)7-10-11-5-6-15-10/h3-6,9,14H,2,7H2,1H3. The average molecular weight is 223 g/mol. The van der Waals surface area contributed by atoms with Gasteiger partial charge in [0, 0.05) is 30.7 Å². The molecular weight excluding hydrogens is 210 g/mol. The molecule has 0 aliphatic heterocycles. The number of aliphatic hydroxyl groups excluding tert-OH is 1. The van der Waals surface area contributed by atoms with Crippen molar-refractivity contribution < 1.29 is 5.11 Å². The number of nitrogens with zero attached hydrogens (tertiary/aromatic N) is 3. The zero-order valence-corrected chi connectivity index (χ0v) is 9.31. The minimum Gasteiger partial charge on any atom is -0.386 e. The molecule has 0 amide bonds. The number of aromatic nitrogens is 3. The second-order valence-electron chi connectivity index (χ2n) is 3.22. The molecule has 0 aliphatic carbocycles. The summed E-state index contributed by atoms with van der Waals surface area (Å²) in [5.41, 5.74) is 0.854. The number of hydrogen-bond donors (Lipinski definition) is 1. The van der Waals surface area contributed by atoms with Gasteiger partial charge in [-0.15, -0.1) is 11.3 Å². The maximum Gasteiger partial charge on any atom is 0.102 e. The summed E-state index contributed by atoms with van der Waals surface area (Å²) >= 11 is 1.56. The molecule has 2 heterocycles. The first kappa shape index (κ1) is 10.3. The summed E-state index contributed by atoms with van der Waals surface area (Å²) in [5, 5.41) is 17.0. The Kier molecular flexibility index (Phi) is 3.13. The lowest BCUT2D eigenvalue weighted by molar-refractivity contribution is 0.167. The van der Waals surface area contributed by atoms with Gasteiger partial charge < -0.3 is 5.11 Å². The fourth-order valence-electron chi connectivity index (χ4n) is 1.51. The van der Waals surface area contributed by atoms with Crippen molar-refractivity contribution in [3.63, 3.8) is 0 Å². The summed E-state index contributed by atoms with van der Waals surface area (Å²) in [7, 11) is 0. The summed E-state index contributed by atoms with van der Waals surface area (Å²) in [6.07, 6.45) is 3.51. The SMILES string of the molecule is CCn1nccc1C(O)Cc1nccs1. The van der Waals surface area contributed by atoms with Crippen LogP contribution < -0.4 is 0 Å². The van der Waals surface area contributed by atoms with E-state index in [1.54, 1.807) is 28.4 Å². The highest BCUT2D eigenvalue weighted by atomic mass is 32.1. The van der Waals surface area contributed by atoms with Gasteiger partial charge in [-0.1, -0.05) is 0 Å². The molecular formula is C10H13N3OS. The van der Waals surface area contributed by atoms with Crippen LogP contribution in [0.4, 0.5) is 0 Å². The third-order valence-corrected chi connectivity index (χ3v) is 3.04. The highest BCUT2D eigenvalue weighted by Gasteiger charge is 2.14. The van der Waals surface area contributed by atoms with Crippen LogP contribution in [0.2, 0.25) is 0 Å². The Bertz CT molecular complexity index is 410. The molecule has 1 N–H and O–H groups in total. The zero-order valence-electron chi connectivity index (χ0n) is 8.50. The maximum atomic E-state index is 10.00. The van der Waals surface area contributed by atoms with Crippen molar-refractivity contribution in [1.82, 2.24) is 14.8 Å². The largest absolute Gasteiger partial charge is 0.386 e. The zero-order chi connectivity index (χ0) is 10.7. The second kappa shape index (κ2) is 4.55. The van der Waals surface area contributed by atoms with Crippen LogP contribution in [0.3, 0.4) is 0 Å². The van der Waals surface area contributed by atoms with Crippen molar-refractivity contribution in [1.29, 1.82) is 0 Å². The Morgan fingerprint density at radius 1 is 1.53 bits per heavy atom. The highest BCUT2D eigenvalue weighted by molar-refractivity contribution is 7.09. The fourth-order valence-corrected chi connectivity index (χ4v) is 2.17. The molecule has 0 saturated heterocycles. The Hall–Kier alpha value is -1.20. The van der Waals surface area contributed by atoms with Crippen molar-refractivity contribution in [2.45, 2.75) is 26.0 Å². The monoisotopic (exact) mass is 223 g/mol. The van der Waals surface area contributed by atoms with Gasteiger partial charge >= 0.3 is 0 Å². The molecule has 15 heavy (non-hydrogen) atoms. The van der Waals surface area contributed by atoms with E-state index in [-0.39, 0.29) is 0 Å². The molecule has 1 atom stereocenters. The smallest absolute Gasteiger partial charge is 0.102 e. The number of hydrogen-bond acceptors (Lipinski definition) is 4. The summed E-state index contributed by atoms with van der Waals surface area (Å²) in [5.74, 6) is 0. The number of aliphatic hydroxyl groups is 1. The first-order valence-electron chi connectivity index (χ1n) is 4.89. The first-order chi connectivity index (χ1) is 7.31. The Balaban J connectivity index is 2.11. The van der Waals surface area contributed by atoms with Crippen LogP contribution in [0.1, 0.15) is 23.7 Å². The van der Waals surface area contributed by atoms with Crippen molar-refractivity contribution >= 4 is 11.3 Å². The van der Waals surface area contributed by atoms with Gasteiger partial charge in [-0.05, 0) is 13.0 Å². The number of rotatable bonds is 4. The Labute approximate surface area is 92.2 Å². The summed E-state index contributed by atoms with van der Waals surface area (Å²) in [6, 6.07) is 1.85. The first-order valence-corrected chi connectivity index (χ1v) is 5.77. The second-order valence-corrected chi connectivity index (χ2v) is 4.20. The van der Waals surface area contributed by atoms with Crippen molar-refractivity contribution in [2.75, 3.05) is 0 Å². The predicted octanol–water partition coefficient (Wildman–Crippen LogP) is 1.64. The van der Waals surface area contributed by atoms with Gasteiger partial charge in [-0.3, -0.25) is 4.68 Å². The van der Waals surface area contributed by atoms with Crippen molar-refractivity contribution in [2.24, 2.45) is 0 Å². The summed E-state index contributed by atoms with van der Waals surface area (Å²) in [4.78, 5) is 4.15. The molecule has 2 rings (SSSR count). The average Bonchev–Trinajstić information content (AvgIpc) is 2.86. The lowest BCUT2D eigenvalue weighted by Gasteiger charge is -2.10. The summed E-state index contributed by atoms with van der Waals surface area (Å²) in [6.45, 7) is 2.78. The molecule has 0 saturated carbocycles. The van der Waals surface area contributed by atoms with E-state index in [1.807, 2.05) is 18.4 Å². The molecule has 0 fully saturated rings. The molecule has 1 unspecified atom stereocenters. The molecule has 0 bridgehead atoms. The molecule has 80 valence electrons. The van der Waals surface area contributed by atoms with Gasteiger partial charge in [0.15, 0.2) is 0 Å². The highest BCUT2D eigenvalue weighted by Crippen LogP contribution is 2.18. The molecule has 0 aromatic carbocycles. The van der Waals surface area contributed by atoms with Gasteiger partial charge in [0.05, 0.1) is 10.7 Å².